The maximum atomic E-state index is 10.1. The second-order valence-corrected chi connectivity index (χ2v) is 3.08. The maximum absolute atomic E-state index is 10.1. The molecule has 1 N–H and O–H groups in total. The van der Waals surface area contributed by atoms with Gasteiger partial charge in [-0.1, -0.05) is 0 Å². The Balaban J connectivity index is 2.19. The molecule has 2 nitrogen and oxygen atoms in total. The normalized spacial score (nSPS) is 33.7. The van der Waals surface area contributed by atoms with Gasteiger partial charge in [0.15, 0.2) is 0 Å². The molecule has 1 aliphatic carbocycles. The molecule has 1 aliphatic rings. The summed E-state index contributed by atoms with van der Waals surface area (Å²) in [5.41, 5.74) is 0. The van der Waals surface area contributed by atoms with E-state index in [-0.39, 0.29) is 6.10 Å². The lowest BCUT2D eigenvalue weighted by molar-refractivity contribution is -0.109. The average Bonchev–Trinajstić information content (AvgIpc) is 1.95. The molecule has 10 heavy (non-hydrogen) atoms. The zero-order chi connectivity index (χ0) is 7.40. The largest absolute Gasteiger partial charge is 0.393 e. The molecule has 0 heterocycles. The summed E-state index contributed by atoms with van der Waals surface area (Å²) < 4.78 is 0. The quantitative estimate of drug-likeness (QED) is 0.587. The van der Waals surface area contributed by atoms with Crippen molar-refractivity contribution in [2.24, 2.45) is 5.92 Å². The zero-order valence-corrected chi connectivity index (χ0v) is 6.12. The van der Waals surface area contributed by atoms with E-state index in [1.165, 1.54) is 0 Å². The number of aldehydes is 1. The first kappa shape index (κ1) is 7.73. The second kappa shape index (κ2) is 3.71. The molecule has 1 saturated carbocycles. The molecule has 0 radical (unpaired) electrons. The van der Waals surface area contributed by atoms with Crippen LogP contribution in [0.4, 0.5) is 0 Å². The van der Waals surface area contributed by atoms with Crippen LogP contribution in [0.5, 0.6) is 0 Å². The van der Waals surface area contributed by atoms with Crippen molar-refractivity contribution in [3.63, 3.8) is 0 Å². The Labute approximate surface area is 61.2 Å². The van der Waals surface area contributed by atoms with Crippen LogP contribution < -0.4 is 0 Å². The highest BCUT2D eigenvalue weighted by molar-refractivity contribution is 5.49. The van der Waals surface area contributed by atoms with E-state index in [1.807, 2.05) is 0 Å². The molecule has 1 rings (SSSR count). The van der Waals surface area contributed by atoms with Crippen LogP contribution in [0, 0.1) is 5.92 Å². The number of rotatable bonds is 2. The van der Waals surface area contributed by atoms with Crippen LogP contribution in [0.15, 0.2) is 0 Å². The van der Waals surface area contributed by atoms with Crippen molar-refractivity contribution in [2.75, 3.05) is 0 Å². The van der Waals surface area contributed by atoms with Gasteiger partial charge >= 0.3 is 0 Å². The molecule has 2 heteroatoms. The van der Waals surface area contributed by atoms with Gasteiger partial charge in [0.05, 0.1) is 6.10 Å². The highest BCUT2D eigenvalue weighted by atomic mass is 16.3. The predicted molar refractivity (Wildman–Crippen MR) is 38.6 cm³/mol. The van der Waals surface area contributed by atoms with Crippen LogP contribution in [-0.2, 0) is 4.79 Å². The van der Waals surface area contributed by atoms with Crippen LogP contribution in [0.25, 0.3) is 0 Å². The first-order valence-electron chi connectivity index (χ1n) is 3.94. The average molecular weight is 142 g/mol. The molecule has 0 saturated heterocycles. The van der Waals surface area contributed by atoms with Crippen LogP contribution >= 0.6 is 0 Å². The Morgan fingerprint density at radius 1 is 1.30 bits per heavy atom. The van der Waals surface area contributed by atoms with E-state index in [0.29, 0.717) is 12.3 Å². The summed E-state index contributed by atoms with van der Waals surface area (Å²) in [6.07, 6.45) is 5.41. The molecule has 1 fully saturated rings. The first-order valence-corrected chi connectivity index (χ1v) is 3.94. The maximum Gasteiger partial charge on any atom is 0.120 e. The molecule has 0 atom stereocenters. The molecule has 0 aromatic heterocycles. The minimum absolute atomic E-state index is 0.0945. The smallest absolute Gasteiger partial charge is 0.120 e. The van der Waals surface area contributed by atoms with E-state index in [4.69, 9.17) is 5.11 Å². The highest BCUT2D eigenvalue weighted by Crippen LogP contribution is 2.25. The minimum atomic E-state index is -0.0945. The van der Waals surface area contributed by atoms with Crippen molar-refractivity contribution in [2.45, 2.75) is 38.2 Å². The van der Waals surface area contributed by atoms with E-state index in [1.54, 1.807) is 0 Å². The van der Waals surface area contributed by atoms with Crippen molar-refractivity contribution in [1.82, 2.24) is 0 Å². The molecular formula is C8H14O2. The molecule has 0 aromatic rings. The Hall–Kier alpha value is -0.370. The van der Waals surface area contributed by atoms with Gasteiger partial charge < -0.3 is 9.90 Å². The Bertz CT molecular complexity index is 104. The summed E-state index contributed by atoms with van der Waals surface area (Å²) in [5, 5.41) is 9.11. The first-order chi connectivity index (χ1) is 4.83. The number of carbonyl (C=O) groups is 1. The van der Waals surface area contributed by atoms with Gasteiger partial charge in [-0.2, -0.15) is 0 Å². The van der Waals surface area contributed by atoms with Crippen molar-refractivity contribution in [3.8, 4) is 0 Å². The standard InChI is InChI=1S/C8H14O2/c9-6-5-7-1-3-8(10)4-2-7/h6-8,10H,1-5H2. The molecular weight excluding hydrogens is 128 g/mol. The third-order valence-corrected chi connectivity index (χ3v) is 2.25. The second-order valence-electron chi connectivity index (χ2n) is 3.08. The van der Waals surface area contributed by atoms with Crippen molar-refractivity contribution in [3.05, 3.63) is 0 Å². The topological polar surface area (TPSA) is 37.3 Å². The summed E-state index contributed by atoms with van der Waals surface area (Å²) in [6.45, 7) is 0. The monoisotopic (exact) mass is 142 g/mol. The number of aliphatic hydroxyl groups excluding tert-OH is 1. The Morgan fingerprint density at radius 3 is 2.40 bits per heavy atom. The van der Waals surface area contributed by atoms with Gasteiger partial charge in [0.2, 0.25) is 0 Å². The summed E-state index contributed by atoms with van der Waals surface area (Å²) >= 11 is 0. The molecule has 0 amide bonds. The van der Waals surface area contributed by atoms with Crippen LogP contribution in [0.3, 0.4) is 0 Å². The van der Waals surface area contributed by atoms with Crippen LogP contribution in [0.1, 0.15) is 32.1 Å². The van der Waals surface area contributed by atoms with Crippen molar-refractivity contribution >= 4 is 6.29 Å². The van der Waals surface area contributed by atoms with Gasteiger partial charge in [0.1, 0.15) is 6.29 Å². The summed E-state index contributed by atoms with van der Waals surface area (Å²) in [6, 6.07) is 0. The Morgan fingerprint density at radius 2 is 1.90 bits per heavy atom. The van der Waals surface area contributed by atoms with Crippen LogP contribution in [0.2, 0.25) is 0 Å². The fraction of sp³-hybridized carbons (Fsp3) is 0.875. The number of aliphatic hydroxyl groups is 1. The third kappa shape index (κ3) is 2.10. The van der Waals surface area contributed by atoms with E-state index in [0.717, 1.165) is 32.0 Å². The van der Waals surface area contributed by atoms with E-state index in [2.05, 4.69) is 0 Å². The van der Waals surface area contributed by atoms with E-state index < -0.39 is 0 Å². The lowest BCUT2D eigenvalue weighted by Gasteiger charge is -2.23. The SMILES string of the molecule is O=CCC1CCC(O)CC1. The lowest BCUT2D eigenvalue weighted by atomic mass is 9.86. The molecule has 0 aliphatic heterocycles. The summed E-state index contributed by atoms with van der Waals surface area (Å²) in [5.74, 6) is 0.556. The van der Waals surface area contributed by atoms with Gasteiger partial charge in [-0.3, -0.25) is 0 Å². The number of hydrogen-bond donors (Lipinski definition) is 1. The van der Waals surface area contributed by atoms with E-state index >= 15 is 0 Å². The molecule has 0 unspecified atom stereocenters. The van der Waals surface area contributed by atoms with Gasteiger partial charge in [-0.05, 0) is 31.6 Å². The van der Waals surface area contributed by atoms with Crippen molar-refractivity contribution in [1.29, 1.82) is 0 Å². The fourth-order valence-corrected chi connectivity index (χ4v) is 1.52. The third-order valence-electron chi connectivity index (χ3n) is 2.25. The number of carbonyl (C=O) groups excluding carboxylic acids is 1. The minimum Gasteiger partial charge on any atom is -0.393 e. The van der Waals surface area contributed by atoms with Gasteiger partial charge in [-0.15, -0.1) is 0 Å². The number of hydrogen-bond acceptors (Lipinski definition) is 2. The summed E-state index contributed by atoms with van der Waals surface area (Å²) in [4.78, 5) is 10.1. The molecule has 0 spiro atoms. The lowest BCUT2D eigenvalue weighted by Crippen LogP contribution is -2.18. The Kier molecular flexibility index (Phi) is 2.87. The van der Waals surface area contributed by atoms with Gasteiger partial charge in [0, 0.05) is 6.42 Å². The fourth-order valence-electron chi connectivity index (χ4n) is 1.52. The van der Waals surface area contributed by atoms with Crippen molar-refractivity contribution < 1.29 is 9.90 Å². The predicted octanol–water partition coefficient (Wildman–Crippen LogP) is 1.13. The van der Waals surface area contributed by atoms with Gasteiger partial charge in [-0.25, -0.2) is 0 Å². The van der Waals surface area contributed by atoms with Crippen LogP contribution in [-0.4, -0.2) is 17.5 Å². The zero-order valence-electron chi connectivity index (χ0n) is 6.12. The summed E-state index contributed by atoms with van der Waals surface area (Å²) in [7, 11) is 0. The molecule has 58 valence electrons. The van der Waals surface area contributed by atoms with Gasteiger partial charge in [0.25, 0.3) is 0 Å². The van der Waals surface area contributed by atoms with E-state index in [9.17, 15) is 4.79 Å². The highest BCUT2D eigenvalue weighted by Gasteiger charge is 2.18. The molecule has 0 bridgehead atoms. The molecule has 0 aromatic carbocycles.